The van der Waals surface area contributed by atoms with Crippen LogP contribution in [0.3, 0.4) is 0 Å². The summed E-state index contributed by atoms with van der Waals surface area (Å²) in [5.41, 5.74) is 1.35. The minimum absolute atomic E-state index is 0.121. The monoisotopic (exact) mass is 306 g/mol. The van der Waals surface area contributed by atoms with Crippen molar-refractivity contribution >= 4 is 5.69 Å². The van der Waals surface area contributed by atoms with Crippen LogP contribution in [0.2, 0.25) is 0 Å². The summed E-state index contributed by atoms with van der Waals surface area (Å²) in [6.07, 6.45) is 2.19. The fourth-order valence-electron chi connectivity index (χ4n) is 2.41. The second-order valence-corrected chi connectivity index (χ2v) is 5.37. The Morgan fingerprint density at radius 1 is 1.41 bits per heavy atom. The molecule has 0 amide bonds. The van der Waals surface area contributed by atoms with E-state index in [2.05, 4.69) is 10.5 Å². The second-order valence-electron chi connectivity index (χ2n) is 5.37. The van der Waals surface area contributed by atoms with E-state index in [0.29, 0.717) is 24.6 Å². The van der Waals surface area contributed by atoms with Gasteiger partial charge in [0.2, 0.25) is 0 Å². The van der Waals surface area contributed by atoms with Crippen molar-refractivity contribution in [1.82, 2.24) is 5.16 Å². The third kappa shape index (κ3) is 3.76. The molecule has 1 N–H and O–H groups in total. The molecule has 1 aromatic heterocycles. The zero-order chi connectivity index (χ0) is 15.4. The van der Waals surface area contributed by atoms with Crippen LogP contribution in [0.5, 0.6) is 5.75 Å². The van der Waals surface area contributed by atoms with Gasteiger partial charge in [-0.25, -0.2) is 4.39 Å². The Balaban J connectivity index is 1.64. The number of nitrogens with zero attached hydrogens (tertiary/aromatic N) is 1. The zero-order valence-electron chi connectivity index (χ0n) is 12.5. The van der Waals surface area contributed by atoms with E-state index in [1.165, 1.54) is 12.1 Å². The molecule has 22 heavy (non-hydrogen) atoms. The quantitative estimate of drug-likeness (QED) is 0.887. The maximum absolute atomic E-state index is 13.5. The highest BCUT2D eigenvalue weighted by molar-refractivity contribution is 5.56. The molecule has 0 radical (unpaired) electrons. The number of hydrogen-bond acceptors (Lipinski definition) is 5. The van der Waals surface area contributed by atoms with Gasteiger partial charge in [-0.15, -0.1) is 0 Å². The SMILES string of the molecule is Cc1cc(CNc2cc(F)ccc2OCC2CCCO2)no1. The van der Waals surface area contributed by atoms with Gasteiger partial charge in [0.1, 0.15) is 29.6 Å². The number of rotatable bonds is 6. The van der Waals surface area contributed by atoms with Gasteiger partial charge in [-0.05, 0) is 31.9 Å². The molecule has 5 nitrogen and oxygen atoms in total. The van der Waals surface area contributed by atoms with Crippen LogP contribution < -0.4 is 10.1 Å². The van der Waals surface area contributed by atoms with Crippen molar-refractivity contribution in [3.8, 4) is 5.75 Å². The summed E-state index contributed by atoms with van der Waals surface area (Å²) in [5, 5.41) is 7.03. The fourth-order valence-corrected chi connectivity index (χ4v) is 2.41. The Hall–Kier alpha value is -2.08. The first kappa shape index (κ1) is 14.8. The van der Waals surface area contributed by atoms with E-state index in [4.69, 9.17) is 14.0 Å². The van der Waals surface area contributed by atoms with Gasteiger partial charge >= 0.3 is 0 Å². The molecule has 1 aromatic carbocycles. The first-order valence-corrected chi connectivity index (χ1v) is 7.41. The van der Waals surface area contributed by atoms with Crippen molar-refractivity contribution in [2.75, 3.05) is 18.5 Å². The number of aryl methyl sites for hydroxylation is 1. The molecule has 1 aliphatic rings. The van der Waals surface area contributed by atoms with Crippen LogP contribution in [0, 0.1) is 12.7 Å². The van der Waals surface area contributed by atoms with Crippen molar-refractivity contribution < 1.29 is 18.4 Å². The lowest BCUT2D eigenvalue weighted by Crippen LogP contribution is -2.17. The van der Waals surface area contributed by atoms with Crippen LogP contribution in [-0.2, 0) is 11.3 Å². The maximum atomic E-state index is 13.5. The van der Waals surface area contributed by atoms with Gasteiger partial charge < -0.3 is 19.3 Å². The highest BCUT2D eigenvalue weighted by Crippen LogP contribution is 2.27. The summed E-state index contributed by atoms with van der Waals surface area (Å²) in [6, 6.07) is 6.26. The molecule has 3 rings (SSSR count). The summed E-state index contributed by atoms with van der Waals surface area (Å²) in [6.45, 7) is 3.53. The Morgan fingerprint density at radius 2 is 2.32 bits per heavy atom. The van der Waals surface area contributed by atoms with E-state index in [1.807, 2.05) is 13.0 Å². The molecule has 0 spiro atoms. The van der Waals surface area contributed by atoms with Crippen LogP contribution >= 0.6 is 0 Å². The number of hydrogen-bond donors (Lipinski definition) is 1. The first-order valence-electron chi connectivity index (χ1n) is 7.41. The minimum Gasteiger partial charge on any atom is -0.489 e. The molecular weight excluding hydrogens is 287 g/mol. The lowest BCUT2D eigenvalue weighted by Gasteiger charge is -2.15. The predicted octanol–water partition coefficient (Wildman–Crippen LogP) is 3.29. The standard InChI is InChI=1S/C16H19FN2O3/c1-11-7-13(19-22-11)9-18-15-8-12(17)4-5-16(15)21-10-14-3-2-6-20-14/h4-5,7-8,14,18H,2-3,6,9-10H2,1H3. The molecule has 2 heterocycles. The van der Waals surface area contributed by atoms with E-state index in [-0.39, 0.29) is 11.9 Å². The molecule has 6 heteroatoms. The van der Waals surface area contributed by atoms with Gasteiger partial charge in [-0.3, -0.25) is 0 Å². The van der Waals surface area contributed by atoms with E-state index in [0.717, 1.165) is 30.9 Å². The Bertz CT molecular complexity index is 624. The number of anilines is 1. The third-order valence-corrected chi connectivity index (χ3v) is 3.53. The second kappa shape index (κ2) is 6.79. The lowest BCUT2D eigenvalue weighted by atomic mass is 10.2. The van der Waals surface area contributed by atoms with Gasteiger partial charge in [0, 0.05) is 18.7 Å². The van der Waals surface area contributed by atoms with Crippen molar-refractivity contribution in [2.24, 2.45) is 0 Å². The number of benzene rings is 1. The number of aromatic nitrogens is 1. The lowest BCUT2D eigenvalue weighted by molar-refractivity contribution is 0.0682. The Labute approximate surface area is 128 Å². The summed E-state index contributed by atoms with van der Waals surface area (Å²) < 4.78 is 29.8. The van der Waals surface area contributed by atoms with Crippen LogP contribution in [0.1, 0.15) is 24.3 Å². The topological polar surface area (TPSA) is 56.5 Å². The van der Waals surface area contributed by atoms with Gasteiger partial charge in [0.05, 0.1) is 18.3 Å². The van der Waals surface area contributed by atoms with Crippen molar-refractivity contribution in [1.29, 1.82) is 0 Å². The van der Waals surface area contributed by atoms with E-state index in [9.17, 15) is 4.39 Å². The molecular formula is C16H19FN2O3. The largest absolute Gasteiger partial charge is 0.489 e. The summed E-state index contributed by atoms with van der Waals surface area (Å²) in [4.78, 5) is 0. The highest BCUT2D eigenvalue weighted by Gasteiger charge is 2.17. The normalized spacial score (nSPS) is 17.6. The molecule has 0 saturated carbocycles. The number of ether oxygens (including phenoxy) is 2. The molecule has 1 aliphatic heterocycles. The van der Waals surface area contributed by atoms with E-state index in [1.54, 1.807) is 6.07 Å². The van der Waals surface area contributed by atoms with Crippen LogP contribution in [-0.4, -0.2) is 24.5 Å². The van der Waals surface area contributed by atoms with Crippen LogP contribution in [0.25, 0.3) is 0 Å². The van der Waals surface area contributed by atoms with Gasteiger partial charge in [0.15, 0.2) is 0 Å². The van der Waals surface area contributed by atoms with E-state index < -0.39 is 0 Å². The minimum atomic E-state index is -0.316. The van der Waals surface area contributed by atoms with Gasteiger partial charge in [-0.2, -0.15) is 0 Å². The zero-order valence-corrected chi connectivity index (χ0v) is 12.5. The molecule has 118 valence electrons. The van der Waals surface area contributed by atoms with Gasteiger partial charge in [-0.1, -0.05) is 5.16 Å². The first-order chi connectivity index (χ1) is 10.7. The van der Waals surface area contributed by atoms with Crippen molar-refractivity contribution in [3.63, 3.8) is 0 Å². The van der Waals surface area contributed by atoms with Crippen LogP contribution in [0.15, 0.2) is 28.8 Å². The summed E-state index contributed by atoms with van der Waals surface area (Å²) in [5.74, 6) is 1.03. The average molecular weight is 306 g/mol. The number of halogens is 1. The summed E-state index contributed by atoms with van der Waals surface area (Å²) in [7, 11) is 0. The smallest absolute Gasteiger partial charge is 0.142 e. The van der Waals surface area contributed by atoms with E-state index >= 15 is 0 Å². The van der Waals surface area contributed by atoms with Crippen molar-refractivity contribution in [3.05, 3.63) is 41.5 Å². The van der Waals surface area contributed by atoms with Crippen molar-refractivity contribution in [2.45, 2.75) is 32.4 Å². The third-order valence-electron chi connectivity index (χ3n) is 3.53. The molecule has 1 atom stereocenters. The fraction of sp³-hybridized carbons (Fsp3) is 0.438. The average Bonchev–Trinajstić information content (AvgIpc) is 3.15. The molecule has 2 aromatic rings. The van der Waals surface area contributed by atoms with Gasteiger partial charge in [0.25, 0.3) is 0 Å². The van der Waals surface area contributed by atoms with Crippen LogP contribution in [0.4, 0.5) is 10.1 Å². The Kier molecular flexibility index (Phi) is 4.58. The molecule has 0 aliphatic carbocycles. The number of nitrogens with one attached hydrogen (secondary N) is 1. The molecule has 1 unspecified atom stereocenters. The Morgan fingerprint density at radius 3 is 3.05 bits per heavy atom. The predicted molar refractivity (Wildman–Crippen MR) is 79.4 cm³/mol. The molecule has 1 fully saturated rings. The highest BCUT2D eigenvalue weighted by atomic mass is 19.1. The summed E-state index contributed by atoms with van der Waals surface area (Å²) >= 11 is 0. The maximum Gasteiger partial charge on any atom is 0.142 e. The molecule has 0 bridgehead atoms. The molecule has 1 saturated heterocycles.